The largest absolute Gasteiger partial charge is 0.453 e. The molecule has 0 aromatic rings. The molecule has 1 amide bonds. The first kappa shape index (κ1) is 14.6. The number of halogens is 1. The van der Waals surface area contributed by atoms with E-state index in [1.54, 1.807) is 6.92 Å². The smallest absolute Gasteiger partial charge is 0.345 e. The zero-order valence-electron chi connectivity index (χ0n) is 11.9. The van der Waals surface area contributed by atoms with Crippen molar-refractivity contribution < 1.29 is 19.1 Å². The summed E-state index contributed by atoms with van der Waals surface area (Å²) in [6, 6.07) is 0. The van der Waals surface area contributed by atoms with Crippen molar-refractivity contribution in [1.82, 2.24) is 5.32 Å². The number of alkyl halides is 1. The Bertz CT molecular complexity index is 558. The Hall–Kier alpha value is -1.36. The number of Topliss-reactive ketones (excluding diaryl/α,β-unsaturated/α-hetero) is 1. The molecule has 2 aliphatic heterocycles. The standard InChI is InChI=1S/C15H18ClNO4/c1-14-10(7-8-16)12(19)17-15(14,13(20)21-14)11(18)9-5-3-2-4-6-9/h5,10H,2-4,6-8H2,1H3,(H,17,19)/t10-,14-,15-/m0/s1. The molecule has 114 valence electrons. The van der Waals surface area contributed by atoms with Gasteiger partial charge in [0.05, 0.1) is 5.92 Å². The van der Waals surface area contributed by atoms with Gasteiger partial charge in [-0.15, -0.1) is 11.6 Å². The van der Waals surface area contributed by atoms with Crippen LogP contribution >= 0.6 is 11.6 Å². The van der Waals surface area contributed by atoms with Gasteiger partial charge < -0.3 is 10.1 Å². The number of hydrogen-bond donors (Lipinski definition) is 1. The van der Waals surface area contributed by atoms with E-state index >= 15 is 0 Å². The first-order valence-electron chi connectivity index (χ1n) is 7.32. The molecule has 5 nitrogen and oxygen atoms in total. The van der Waals surface area contributed by atoms with Gasteiger partial charge in [-0.3, -0.25) is 9.59 Å². The summed E-state index contributed by atoms with van der Waals surface area (Å²) >= 11 is 5.74. The molecular weight excluding hydrogens is 294 g/mol. The lowest BCUT2D eigenvalue weighted by molar-refractivity contribution is -0.216. The summed E-state index contributed by atoms with van der Waals surface area (Å²) in [4.78, 5) is 37.2. The summed E-state index contributed by atoms with van der Waals surface area (Å²) in [6.07, 6.45) is 5.73. The third kappa shape index (κ3) is 1.73. The summed E-state index contributed by atoms with van der Waals surface area (Å²) < 4.78 is 5.27. The van der Waals surface area contributed by atoms with Crippen LogP contribution in [-0.2, 0) is 19.1 Å². The van der Waals surface area contributed by atoms with Crippen molar-refractivity contribution in [2.45, 2.75) is 50.2 Å². The third-order valence-electron chi connectivity index (χ3n) is 4.97. The molecule has 3 aliphatic rings. The molecule has 0 radical (unpaired) electrons. The molecule has 2 saturated heterocycles. The highest BCUT2D eigenvalue weighted by molar-refractivity contribution is 6.24. The van der Waals surface area contributed by atoms with Gasteiger partial charge in [0, 0.05) is 5.88 Å². The highest BCUT2D eigenvalue weighted by Crippen LogP contribution is 2.51. The van der Waals surface area contributed by atoms with E-state index in [9.17, 15) is 14.4 Å². The molecule has 0 aromatic carbocycles. The van der Waals surface area contributed by atoms with Gasteiger partial charge in [-0.05, 0) is 44.6 Å². The SMILES string of the molecule is C[C@@]12OC(=O)[C@]1(C(=O)C1=CCCCC1)NC(=O)[C@@H]2CCCl. The Morgan fingerprint density at radius 1 is 1.48 bits per heavy atom. The Morgan fingerprint density at radius 2 is 2.24 bits per heavy atom. The lowest BCUT2D eigenvalue weighted by atomic mass is 9.66. The fraction of sp³-hybridized carbons (Fsp3) is 0.667. The van der Waals surface area contributed by atoms with E-state index in [1.807, 2.05) is 6.08 Å². The highest BCUT2D eigenvalue weighted by atomic mass is 35.5. The molecular formula is C15H18ClNO4. The molecule has 2 heterocycles. The number of allylic oxidation sites excluding steroid dienone is 1. The van der Waals surface area contributed by atoms with Crippen LogP contribution in [0, 0.1) is 5.92 Å². The van der Waals surface area contributed by atoms with Gasteiger partial charge in [0.2, 0.25) is 11.4 Å². The van der Waals surface area contributed by atoms with Gasteiger partial charge in [-0.2, -0.15) is 0 Å². The molecule has 6 heteroatoms. The Labute approximate surface area is 128 Å². The Kier molecular flexibility index (Phi) is 3.35. The molecule has 0 unspecified atom stereocenters. The van der Waals surface area contributed by atoms with Crippen molar-refractivity contribution in [3.8, 4) is 0 Å². The zero-order valence-corrected chi connectivity index (χ0v) is 12.7. The molecule has 0 spiro atoms. The van der Waals surface area contributed by atoms with E-state index in [2.05, 4.69) is 5.32 Å². The predicted molar refractivity (Wildman–Crippen MR) is 75.8 cm³/mol. The molecule has 1 aliphatic carbocycles. The number of esters is 1. The minimum Gasteiger partial charge on any atom is -0.453 e. The van der Waals surface area contributed by atoms with Gasteiger partial charge in [-0.25, -0.2) is 4.79 Å². The van der Waals surface area contributed by atoms with Crippen LogP contribution in [0.5, 0.6) is 0 Å². The lowest BCUT2D eigenvalue weighted by Crippen LogP contribution is -2.78. The van der Waals surface area contributed by atoms with Gasteiger partial charge in [0.15, 0.2) is 11.4 Å². The topological polar surface area (TPSA) is 72.5 Å². The van der Waals surface area contributed by atoms with Crippen LogP contribution in [0.1, 0.15) is 39.0 Å². The van der Waals surface area contributed by atoms with Crippen molar-refractivity contribution in [3.05, 3.63) is 11.6 Å². The normalized spacial score (nSPS) is 38.0. The van der Waals surface area contributed by atoms with Crippen LogP contribution in [0.3, 0.4) is 0 Å². The molecule has 3 rings (SSSR count). The molecule has 1 N–H and O–H groups in total. The van der Waals surface area contributed by atoms with Crippen molar-refractivity contribution in [3.63, 3.8) is 0 Å². The maximum absolute atomic E-state index is 12.9. The van der Waals surface area contributed by atoms with Gasteiger partial charge in [-0.1, -0.05) is 6.08 Å². The summed E-state index contributed by atoms with van der Waals surface area (Å²) in [7, 11) is 0. The number of amides is 1. The Morgan fingerprint density at radius 3 is 2.81 bits per heavy atom. The number of hydrogen-bond acceptors (Lipinski definition) is 4. The average Bonchev–Trinajstić information content (AvgIpc) is 2.65. The van der Waals surface area contributed by atoms with E-state index in [0.29, 0.717) is 18.4 Å². The third-order valence-corrected chi connectivity index (χ3v) is 5.19. The molecule has 0 bridgehead atoms. The monoisotopic (exact) mass is 311 g/mol. The van der Waals surface area contributed by atoms with Crippen LogP contribution < -0.4 is 5.32 Å². The van der Waals surface area contributed by atoms with E-state index in [1.165, 1.54) is 0 Å². The fourth-order valence-electron chi connectivity index (χ4n) is 3.71. The van der Waals surface area contributed by atoms with Gasteiger partial charge >= 0.3 is 5.97 Å². The summed E-state index contributed by atoms with van der Waals surface area (Å²) in [6.45, 7) is 1.66. The summed E-state index contributed by atoms with van der Waals surface area (Å²) in [5.74, 6) is -1.56. The minimum absolute atomic E-state index is 0.276. The summed E-state index contributed by atoms with van der Waals surface area (Å²) in [5, 5.41) is 2.63. The lowest BCUT2D eigenvalue weighted by Gasteiger charge is -2.50. The molecule has 21 heavy (non-hydrogen) atoms. The number of carbonyl (C=O) groups is 3. The molecule has 0 aromatic heterocycles. The number of ketones is 1. The van der Waals surface area contributed by atoms with Gasteiger partial charge in [0.1, 0.15) is 0 Å². The molecule has 3 atom stereocenters. The number of carbonyl (C=O) groups excluding carboxylic acids is 3. The Balaban J connectivity index is 1.98. The number of nitrogens with one attached hydrogen (secondary N) is 1. The van der Waals surface area contributed by atoms with Crippen LogP contribution in [0.15, 0.2) is 11.6 Å². The maximum atomic E-state index is 12.9. The van der Waals surface area contributed by atoms with E-state index in [4.69, 9.17) is 16.3 Å². The second kappa shape index (κ2) is 4.83. The van der Waals surface area contributed by atoms with E-state index in [0.717, 1.165) is 19.3 Å². The van der Waals surface area contributed by atoms with Crippen molar-refractivity contribution >= 4 is 29.3 Å². The van der Waals surface area contributed by atoms with E-state index < -0.39 is 23.0 Å². The average molecular weight is 312 g/mol. The van der Waals surface area contributed by atoms with Crippen molar-refractivity contribution in [2.75, 3.05) is 5.88 Å². The maximum Gasteiger partial charge on any atom is 0.345 e. The molecule has 0 saturated carbocycles. The fourth-order valence-corrected chi connectivity index (χ4v) is 3.93. The predicted octanol–water partition coefficient (Wildman–Crippen LogP) is 1.49. The number of rotatable bonds is 4. The van der Waals surface area contributed by atoms with Crippen LogP contribution in [0.2, 0.25) is 0 Å². The quantitative estimate of drug-likeness (QED) is 0.485. The molecule has 2 fully saturated rings. The van der Waals surface area contributed by atoms with Crippen molar-refractivity contribution in [2.24, 2.45) is 5.92 Å². The van der Waals surface area contributed by atoms with Gasteiger partial charge in [0.25, 0.3) is 0 Å². The van der Waals surface area contributed by atoms with Crippen LogP contribution in [0.4, 0.5) is 0 Å². The number of ether oxygens (including phenoxy) is 1. The zero-order chi connectivity index (χ0) is 15.3. The highest BCUT2D eigenvalue weighted by Gasteiger charge is 2.79. The number of fused-ring (bicyclic) bond motifs is 1. The second-order valence-corrected chi connectivity index (χ2v) is 6.45. The first-order chi connectivity index (χ1) is 9.97. The van der Waals surface area contributed by atoms with Crippen molar-refractivity contribution in [1.29, 1.82) is 0 Å². The van der Waals surface area contributed by atoms with Crippen LogP contribution in [0.25, 0.3) is 0 Å². The summed E-state index contributed by atoms with van der Waals surface area (Å²) in [5.41, 5.74) is -2.02. The first-order valence-corrected chi connectivity index (χ1v) is 7.86. The van der Waals surface area contributed by atoms with E-state index in [-0.39, 0.29) is 17.6 Å². The second-order valence-electron chi connectivity index (χ2n) is 6.07. The van der Waals surface area contributed by atoms with Crippen LogP contribution in [-0.4, -0.2) is 34.7 Å². The minimum atomic E-state index is -1.54.